The van der Waals surface area contributed by atoms with Crippen LogP contribution < -0.4 is 0 Å². The minimum atomic E-state index is -0.174. The highest BCUT2D eigenvalue weighted by molar-refractivity contribution is 9.41. The third kappa shape index (κ3) is 11.6. The van der Waals surface area contributed by atoms with Gasteiger partial charge < -0.3 is 18.9 Å². The molecule has 2 aromatic carbocycles. The number of aromatic nitrogens is 2. The number of benzene rings is 2. The zero-order chi connectivity index (χ0) is 32.7. The maximum Gasteiger partial charge on any atom is 0.136 e. The molecule has 6 nitrogen and oxygen atoms in total. The first-order valence-electron chi connectivity index (χ1n) is 14.8. The van der Waals surface area contributed by atoms with E-state index in [1.807, 2.05) is 83.6 Å². The Morgan fingerprint density at radius 2 is 1.00 bits per heavy atom. The topological polar surface area (TPSA) is 62.7 Å². The molecule has 0 aliphatic carbocycles. The van der Waals surface area contributed by atoms with E-state index in [9.17, 15) is 0 Å². The van der Waals surface area contributed by atoms with Crippen molar-refractivity contribution in [1.82, 2.24) is 9.97 Å². The maximum atomic E-state index is 5.60. The lowest BCUT2D eigenvalue weighted by molar-refractivity contribution is -0.0451. The van der Waals surface area contributed by atoms with Gasteiger partial charge in [-0.1, -0.05) is 72.5 Å². The van der Waals surface area contributed by atoms with Crippen molar-refractivity contribution in [3.05, 3.63) is 58.5 Å². The number of fused-ring (bicyclic) bond motifs is 2. The van der Waals surface area contributed by atoms with E-state index in [1.165, 1.54) is 19.4 Å². The Morgan fingerprint density at radius 3 is 1.35 bits per heavy atom. The first-order valence-corrected chi connectivity index (χ1v) is 26.6. The molecule has 4 unspecified atom stereocenters. The molecule has 0 N–H and O–H groups in total. The second kappa shape index (κ2) is 21.7. The van der Waals surface area contributed by atoms with Gasteiger partial charge >= 0.3 is 0 Å². The van der Waals surface area contributed by atoms with E-state index < -0.39 is 0 Å². The first kappa shape index (κ1) is 39.4. The summed E-state index contributed by atoms with van der Waals surface area (Å²) in [7, 11) is 19.3. The fourth-order valence-electron chi connectivity index (χ4n) is 4.93. The van der Waals surface area contributed by atoms with Crippen LogP contribution in [0.15, 0.2) is 48.5 Å². The molecule has 46 heavy (non-hydrogen) atoms. The molecule has 0 saturated carbocycles. The molecular weight excluding hydrogens is 765 g/mol. The molecule has 0 saturated heterocycles. The molecule has 0 bridgehead atoms. The normalized spacial score (nSPS) is 14.9. The fourth-order valence-corrected chi connectivity index (χ4v) is 22.8. The summed E-state index contributed by atoms with van der Waals surface area (Å²) in [5, 5.41) is 2.44. The third-order valence-electron chi connectivity index (χ3n) is 7.34. The maximum absolute atomic E-state index is 5.60. The minimum Gasteiger partial charge on any atom is -0.360 e. The average Bonchev–Trinajstić information content (AvgIpc) is 3.72. The number of para-hydroxylation sites is 2. The SMILES string of the molecule is CCC([Si]C(OC)OC)C(CSSSSSSCC(c1nc2ccccc2s1)C(CC)[Si]C(OC)OC)c1nc2ccccc2s1. The van der Waals surface area contributed by atoms with Crippen molar-refractivity contribution in [3.63, 3.8) is 0 Å². The van der Waals surface area contributed by atoms with Gasteiger partial charge in [-0.15, -0.1) is 22.7 Å². The molecule has 250 valence electrons. The molecule has 0 fully saturated rings. The fraction of sp³-hybridized carbons (Fsp3) is 0.533. The summed E-state index contributed by atoms with van der Waals surface area (Å²) in [4.78, 5) is 10.1. The van der Waals surface area contributed by atoms with Crippen LogP contribution in [0.25, 0.3) is 20.4 Å². The van der Waals surface area contributed by atoms with Gasteiger partial charge in [-0.25, -0.2) is 9.97 Å². The van der Waals surface area contributed by atoms with Crippen LogP contribution in [0.3, 0.4) is 0 Å². The molecule has 0 aliphatic rings. The predicted molar refractivity (Wildman–Crippen MR) is 215 cm³/mol. The van der Waals surface area contributed by atoms with Crippen molar-refractivity contribution in [2.75, 3.05) is 39.9 Å². The van der Waals surface area contributed by atoms with Gasteiger partial charge in [0.25, 0.3) is 0 Å². The van der Waals surface area contributed by atoms with Crippen LogP contribution in [0.2, 0.25) is 11.1 Å². The molecular formula is C30H40N2O4S8Si2. The predicted octanol–water partition coefficient (Wildman–Crippen LogP) is 10.7. The van der Waals surface area contributed by atoms with Gasteiger partial charge in [-0.05, 0) is 74.7 Å². The van der Waals surface area contributed by atoms with Crippen molar-refractivity contribution >= 4 is 123 Å². The Morgan fingerprint density at radius 1 is 0.609 bits per heavy atom. The molecule has 4 radical (unpaired) electrons. The van der Waals surface area contributed by atoms with Crippen LogP contribution in [-0.4, -0.2) is 80.8 Å². The molecule has 0 amide bonds. The Bertz CT molecular complexity index is 1260. The van der Waals surface area contributed by atoms with Crippen LogP contribution >= 0.6 is 83.6 Å². The summed E-state index contributed by atoms with van der Waals surface area (Å²) in [5.41, 5.74) is 3.07. The van der Waals surface area contributed by atoms with Crippen molar-refractivity contribution in [1.29, 1.82) is 0 Å². The summed E-state index contributed by atoms with van der Waals surface area (Å²) in [6.07, 6.45) is 2.12. The van der Waals surface area contributed by atoms with Crippen molar-refractivity contribution < 1.29 is 18.9 Å². The van der Waals surface area contributed by atoms with E-state index in [-0.39, 0.29) is 11.8 Å². The molecule has 4 atom stereocenters. The Kier molecular flexibility index (Phi) is 18.6. The molecule has 16 heteroatoms. The highest BCUT2D eigenvalue weighted by Crippen LogP contribution is 2.55. The van der Waals surface area contributed by atoms with Crippen LogP contribution in [0.4, 0.5) is 0 Å². The van der Waals surface area contributed by atoms with Gasteiger partial charge in [0.15, 0.2) is 0 Å². The zero-order valence-corrected chi connectivity index (χ0v) is 35.2. The van der Waals surface area contributed by atoms with E-state index in [0.717, 1.165) is 35.4 Å². The summed E-state index contributed by atoms with van der Waals surface area (Å²) >= 11 is 3.66. The number of methoxy groups -OCH3 is 4. The summed E-state index contributed by atoms with van der Waals surface area (Å²) in [5.74, 6) is 2.35. The smallest absolute Gasteiger partial charge is 0.136 e. The molecule has 2 heterocycles. The number of hydrogen-bond acceptors (Lipinski definition) is 14. The molecule has 4 rings (SSSR count). The zero-order valence-electron chi connectivity index (χ0n) is 26.7. The lowest BCUT2D eigenvalue weighted by Gasteiger charge is -2.26. The minimum absolute atomic E-state index is 0.174. The molecule has 0 spiro atoms. The number of hydrogen-bond donors (Lipinski definition) is 0. The van der Waals surface area contributed by atoms with E-state index in [4.69, 9.17) is 28.9 Å². The van der Waals surface area contributed by atoms with Crippen LogP contribution in [0.1, 0.15) is 48.5 Å². The van der Waals surface area contributed by atoms with Gasteiger partial charge in [0.1, 0.15) is 30.9 Å². The van der Waals surface area contributed by atoms with Crippen molar-refractivity contribution in [2.45, 2.75) is 61.4 Å². The third-order valence-corrected chi connectivity index (χ3v) is 24.6. The Labute approximate surface area is 309 Å². The van der Waals surface area contributed by atoms with E-state index in [0.29, 0.717) is 42.0 Å². The summed E-state index contributed by atoms with van der Waals surface area (Å²) in [6, 6.07) is 16.9. The van der Waals surface area contributed by atoms with Gasteiger partial charge in [-0.2, -0.15) is 0 Å². The number of thiazole rings is 2. The Hall–Kier alpha value is 0.594. The van der Waals surface area contributed by atoms with Gasteiger partial charge in [0.05, 0.1) is 30.4 Å². The van der Waals surface area contributed by atoms with Gasteiger partial charge in [-0.3, -0.25) is 0 Å². The second-order valence-electron chi connectivity index (χ2n) is 10.1. The highest BCUT2D eigenvalue weighted by Gasteiger charge is 2.30. The number of nitrogens with zero attached hydrogens (tertiary/aromatic N) is 2. The van der Waals surface area contributed by atoms with Crippen LogP contribution in [-0.2, 0) is 18.9 Å². The van der Waals surface area contributed by atoms with Crippen molar-refractivity contribution in [3.8, 4) is 0 Å². The molecule has 0 aliphatic heterocycles. The van der Waals surface area contributed by atoms with Gasteiger partial charge in [0.2, 0.25) is 0 Å². The monoisotopic (exact) mass is 804 g/mol. The lowest BCUT2D eigenvalue weighted by atomic mass is 10.1. The summed E-state index contributed by atoms with van der Waals surface area (Å²) < 4.78 is 24.9. The molecule has 2 aromatic heterocycles. The van der Waals surface area contributed by atoms with Crippen LogP contribution in [0.5, 0.6) is 0 Å². The highest BCUT2D eigenvalue weighted by atomic mass is 33.9. The summed E-state index contributed by atoms with van der Waals surface area (Å²) in [6.45, 7) is 4.54. The molecule has 4 aromatic rings. The standard InChI is InChI=1S/C30H40N2O4S8Si2/c1-7-25(45-29(33-3)34-4)19(27-31-21-13-9-11-15-23(21)39-27)17-37-41-43-44-42-38-18-20(26(8-2)46-30(35-5)36-6)28-32-22-14-10-12-16-24(22)40-28/h9-16,19-20,25-26,29-30H,7-8,17-18H2,1-6H3. The Balaban J connectivity index is 1.31. The van der Waals surface area contributed by atoms with E-state index >= 15 is 0 Å². The average molecular weight is 805 g/mol. The number of ether oxygens (including phenoxy) is 4. The first-order chi connectivity index (χ1) is 22.5. The quantitative estimate of drug-likeness (QED) is 0.0310. The van der Waals surface area contributed by atoms with Crippen LogP contribution in [0, 0.1) is 0 Å². The number of rotatable bonds is 23. The van der Waals surface area contributed by atoms with E-state index in [2.05, 4.69) is 62.4 Å². The van der Waals surface area contributed by atoms with Gasteiger partial charge in [0, 0.05) is 51.8 Å². The van der Waals surface area contributed by atoms with Crippen molar-refractivity contribution in [2.24, 2.45) is 0 Å². The largest absolute Gasteiger partial charge is 0.360 e. The lowest BCUT2D eigenvalue weighted by Crippen LogP contribution is -2.28. The van der Waals surface area contributed by atoms with E-state index in [1.54, 1.807) is 28.4 Å². The second-order valence-corrected chi connectivity index (χ2v) is 24.9.